The minimum Gasteiger partial charge on any atom is -0.469 e. The monoisotopic (exact) mass is 219 g/mol. The fraction of sp³-hybridized carbons (Fsp3) is 0.462. The molecule has 0 saturated carbocycles. The van der Waals surface area contributed by atoms with Crippen LogP contribution in [0.1, 0.15) is 23.5 Å². The normalized spacial score (nSPS) is 19.2. The van der Waals surface area contributed by atoms with Gasteiger partial charge in [-0.15, -0.1) is 0 Å². The SMILES string of the molecule is COC(=O)C1CCN(C)c2c(C)cccc21. The lowest BCUT2D eigenvalue weighted by atomic mass is 9.88. The molecule has 1 unspecified atom stereocenters. The van der Waals surface area contributed by atoms with Crippen molar-refractivity contribution in [3.05, 3.63) is 29.3 Å². The van der Waals surface area contributed by atoms with Crippen LogP contribution in [0, 0.1) is 6.92 Å². The number of carbonyl (C=O) groups excluding carboxylic acids is 1. The van der Waals surface area contributed by atoms with E-state index in [1.165, 1.54) is 18.4 Å². The predicted molar refractivity (Wildman–Crippen MR) is 63.8 cm³/mol. The summed E-state index contributed by atoms with van der Waals surface area (Å²) in [6.07, 6.45) is 0.833. The first-order valence-electron chi connectivity index (χ1n) is 5.53. The van der Waals surface area contributed by atoms with Gasteiger partial charge in [0.25, 0.3) is 0 Å². The largest absolute Gasteiger partial charge is 0.469 e. The van der Waals surface area contributed by atoms with Crippen LogP contribution in [0.5, 0.6) is 0 Å². The summed E-state index contributed by atoms with van der Waals surface area (Å²) in [4.78, 5) is 13.9. The molecule has 2 rings (SSSR count). The van der Waals surface area contributed by atoms with Crippen molar-refractivity contribution >= 4 is 11.7 Å². The Kier molecular flexibility index (Phi) is 2.86. The number of carbonyl (C=O) groups is 1. The second-order valence-electron chi connectivity index (χ2n) is 4.30. The van der Waals surface area contributed by atoms with Gasteiger partial charge >= 0.3 is 5.97 Å². The van der Waals surface area contributed by atoms with Crippen LogP contribution in [0.3, 0.4) is 0 Å². The quantitative estimate of drug-likeness (QED) is 0.677. The molecule has 1 heterocycles. The number of hydrogen-bond acceptors (Lipinski definition) is 3. The Hall–Kier alpha value is -1.51. The fourth-order valence-electron chi connectivity index (χ4n) is 2.46. The van der Waals surface area contributed by atoms with Gasteiger partial charge in [0, 0.05) is 19.3 Å². The number of anilines is 1. The maximum atomic E-state index is 11.7. The number of fused-ring (bicyclic) bond motifs is 1. The van der Waals surface area contributed by atoms with Gasteiger partial charge in [0.15, 0.2) is 0 Å². The summed E-state index contributed by atoms with van der Waals surface area (Å²) in [6.45, 7) is 2.98. The van der Waals surface area contributed by atoms with Crippen LogP contribution in [-0.2, 0) is 9.53 Å². The number of esters is 1. The molecule has 1 aliphatic heterocycles. The standard InChI is InChI=1S/C13H17NO2/c1-9-5-4-6-10-11(13(15)16-3)7-8-14(2)12(9)10/h4-6,11H,7-8H2,1-3H3. The zero-order valence-electron chi connectivity index (χ0n) is 9.99. The Balaban J connectivity index is 2.48. The molecule has 16 heavy (non-hydrogen) atoms. The molecule has 0 amide bonds. The Labute approximate surface area is 96.0 Å². The third-order valence-electron chi connectivity index (χ3n) is 3.26. The zero-order valence-corrected chi connectivity index (χ0v) is 9.99. The van der Waals surface area contributed by atoms with Gasteiger partial charge in [-0.1, -0.05) is 18.2 Å². The summed E-state index contributed by atoms with van der Waals surface area (Å²) in [7, 11) is 3.52. The molecule has 0 N–H and O–H groups in total. The second-order valence-corrected chi connectivity index (χ2v) is 4.30. The van der Waals surface area contributed by atoms with E-state index in [9.17, 15) is 4.79 Å². The number of benzene rings is 1. The van der Waals surface area contributed by atoms with Crippen molar-refractivity contribution in [3.63, 3.8) is 0 Å². The van der Waals surface area contributed by atoms with E-state index in [1.807, 2.05) is 12.1 Å². The maximum absolute atomic E-state index is 11.7. The molecule has 3 nitrogen and oxygen atoms in total. The van der Waals surface area contributed by atoms with Gasteiger partial charge in [0.05, 0.1) is 13.0 Å². The van der Waals surface area contributed by atoms with Crippen molar-refractivity contribution in [2.24, 2.45) is 0 Å². The third-order valence-corrected chi connectivity index (χ3v) is 3.26. The Morgan fingerprint density at radius 1 is 1.50 bits per heavy atom. The van der Waals surface area contributed by atoms with Crippen molar-refractivity contribution in [2.45, 2.75) is 19.3 Å². The molecule has 0 bridgehead atoms. The van der Waals surface area contributed by atoms with Gasteiger partial charge in [-0.25, -0.2) is 0 Å². The van der Waals surface area contributed by atoms with E-state index in [4.69, 9.17) is 4.74 Å². The predicted octanol–water partition coefficient (Wildman–Crippen LogP) is 2.09. The lowest BCUT2D eigenvalue weighted by Gasteiger charge is -2.33. The first kappa shape index (κ1) is 11.0. The van der Waals surface area contributed by atoms with Gasteiger partial charge in [-0.3, -0.25) is 4.79 Å². The summed E-state index contributed by atoms with van der Waals surface area (Å²) in [5.41, 5.74) is 3.50. The molecule has 0 fully saturated rings. The molecular weight excluding hydrogens is 202 g/mol. The molecule has 0 radical (unpaired) electrons. The summed E-state index contributed by atoms with van der Waals surface area (Å²) in [5, 5.41) is 0. The fourth-order valence-corrected chi connectivity index (χ4v) is 2.46. The van der Waals surface area contributed by atoms with Crippen molar-refractivity contribution in [3.8, 4) is 0 Å². The van der Waals surface area contributed by atoms with Crippen molar-refractivity contribution in [2.75, 3.05) is 25.6 Å². The van der Waals surface area contributed by atoms with E-state index in [-0.39, 0.29) is 11.9 Å². The smallest absolute Gasteiger partial charge is 0.313 e. The van der Waals surface area contributed by atoms with Gasteiger partial charge < -0.3 is 9.64 Å². The van der Waals surface area contributed by atoms with E-state index < -0.39 is 0 Å². The molecule has 0 aromatic heterocycles. The lowest BCUT2D eigenvalue weighted by Crippen LogP contribution is -2.31. The van der Waals surface area contributed by atoms with Crippen LogP contribution in [-0.4, -0.2) is 26.7 Å². The first-order valence-corrected chi connectivity index (χ1v) is 5.53. The lowest BCUT2D eigenvalue weighted by molar-refractivity contribution is -0.142. The van der Waals surface area contributed by atoms with Crippen molar-refractivity contribution in [1.82, 2.24) is 0 Å². The number of rotatable bonds is 1. The van der Waals surface area contributed by atoms with E-state index in [0.717, 1.165) is 18.5 Å². The van der Waals surface area contributed by atoms with E-state index in [1.54, 1.807) is 0 Å². The van der Waals surface area contributed by atoms with Crippen LogP contribution >= 0.6 is 0 Å². The maximum Gasteiger partial charge on any atom is 0.313 e. The summed E-state index contributed by atoms with van der Waals surface area (Å²) in [5.74, 6) is -0.226. The number of methoxy groups -OCH3 is 1. The minimum absolute atomic E-state index is 0.101. The summed E-state index contributed by atoms with van der Waals surface area (Å²) in [6, 6.07) is 6.11. The van der Waals surface area contributed by atoms with E-state index in [0.29, 0.717) is 0 Å². The molecule has 86 valence electrons. The van der Waals surface area contributed by atoms with Gasteiger partial charge in [0.1, 0.15) is 0 Å². The number of hydrogen-bond donors (Lipinski definition) is 0. The average molecular weight is 219 g/mol. The topological polar surface area (TPSA) is 29.5 Å². The van der Waals surface area contributed by atoms with E-state index >= 15 is 0 Å². The van der Waals surface area contributed by atoms with Gasteiger partial charge in [-0.2, -0.15) is 0 Å². The molecule has 3 heteroatoms. The molecule has 1 aromatic rings. The first-order chi connectivity index (χ1) is 7.65. The van der Waals surface area contributed by atoms with Gasteiger partial charge in [-0.05, 0) is 24.5 Å². The molecule has 0 saturated heterocycles. The highest BCUT2D eigenvalue weighted by atomic mass is 16.5. The van der Waals surface area contributed by atoms with Crippen LogP contribution in [0.4, 0.5) is 5.69 Å². The van der Waals surface area contributed by atoms with Crippen molar-refractivity contribution < 1.29 is 9.53 Å². The number of ether oxygens (including phenoxy) is 1. The highest BCUT2D eigenvalue weighted by Crippen LogP contribution is 2.37. The second kappa shape index (κ2) is 4.16. The van der Waals surface area contributed by atoms with Crippen LogP contribution < -0.4 is 4.90 Å². The zero-order chi connectivity index (χ0) is 11.7. The highest BCUT2D eigenvalue weighted by molar-refractivity contribution is 5.82. The molecule has 1 atom stereocenters. The van der Waals surface area contributed by atoms with E-state index in [2.05, 4.69) is 24.9 Å². The Bertz CT molecular complexity index is 414. The number of aryl methyl sites for hydroxylation is 1. The van der Waals surface area contributed by atoms with Crippen LogP contribution in [0.25, 0.3) is 0 Å². The number of nitrogens with zero attached hydrogens (tertiary/aromatic N) is 1. The van der Waals surface area contributed by atoms with Gasteiger partial charge in [0.2, 0.25) is 0 Å². The summed E-state index contributed by atoms with van der Waals surface area (Å²) >= 11 is 0. The minimum atomic E-state index is -0.125. The highest BCUT2D eigenvalue weighted by Gasteiger charge is 2.30. The van der Waals surface area contributed by atoms with Crippen molar-refractivity contribution in [1.29, 1.82) is 0 Å². The van der Waals surface area contributed by atoms with Crippen LogP contribution in [0.2, 0.25) is 0 Å². The van der Waals surface area contributed by atoms with Crippen LogP contribution in [0.15, 0.2) is 18.2 Å². The molecule has 1 aliphatic rings. The average Bonchev–Trinajstić information content (AvgIpc) is 2.28. The Morgan fingerprint density at radius 3 is 2.94 bits per heavy atom. The molecule has 0 spiro atoms. The third kappa shape index (κ3) is 1.66. The molecule has 0 aliphatic carbocycles. The number of para-hydroxylation sites is 1. The summed E-state index contributed by atoms with van der Waals surface area (Å²) < 4.78 is 4.86. The molecule has 1 aromatic carbocycles. The Morgan fingerprint density at radius 2 is 2.25 bits per heavy atom. The molecular formula is C13H17NO2.